The summed E-state index contributed by atoms with van der Waals surface area (Å²) in [6, 6.07) is 11.8. The van der Waals surface area contributed by atoms with E-state index in [1.54, 1.807) is 19.1 Å². The largest absolute Gasteiger partial charge is 0.462 e. The minimum atomic E-state index is -0.340. The normalized spacial score (nSPS) is 10.2. The van der Waals surface area contributed by atoms with Gasteiger partial charge in [0.05, 0.1) is 12.2 Å². The van der Waals surface area contributed by atoms with E-state index < -0.39 is 0 Å². The van der Waals surface area contributed by atoms with Crippen molar-refractivity contribution < 1.29 is 9.53 Å². The number of carbonyl (C=O) groups excluding carboxylic acids is 1. The molecule has 0 bridgehead atoms. The first-order chi connectivity index (χ1) is 10.2. The lowest BCUT2D eigenvalue weighted by atomic mass is 10.1. The number of nitrogens with zero attached hydrogens (tertiary/aromatic N) is 1. The summed E-state index contributed by atoms with van der Waals surface area (Å²) in [4.78, 5) is 15.8. The van der Waals surface area contributed by atoms with Crippen molar-refractivity contribution in [1.29, 1.82) is 0 Å². The summed E-state index contributed by atoms with van der Waals surface area (Å²) in [5.74, 6) is 0.404. The average molecular weight is 284 g/mol. The molecule has 0 unspecified atom stereocenters. The maximum Gasteiger partial charge on any atom is 0.339 e. The van der Waals surface area contributed by atoms with Crippen LogP contribution in [0, 0.1) is 0 Å². The molecule has 0 aliphatic carbocycles. The van der Waals surface area contributed by atoms with Gasteiger partial charge in [-0.25, -0.2) is 9.78 Å². The predicted molar refractivity (Wildman–Crippen MR) is 83.3 cm³/mol. The molecule has 4 nitrogen and oxygen atoms in total. The summed E-state index contributed by atoms with van der Waals surface area (Å²) in [5.41, 5.74) is 3.06. The second-order valence-electron chi connectivity index (χ2n) is 4.63. The number of anilines is 1. The Morgan fingerprint density at radius 3 is 2.52 bits per heavy atom. The van der Waals surface area contributed by atoms with Crippen molar-refractivity contribution in [3.05, 3.63) is 59.3 Å². The fraction of sp³-hybridized carbons (Fsp3) is 0.294. The van der Waals surface area contributed by atoms with Crippen molar-refractivity contribution in [2.24, 2.45) is 0 Å². The highest BCUT2D eigenvalue weighted by molar-refractivity contribution is 5.89. The zero-order valence-corrected chi connectivity index (χ0v) is 12.4. The lowest BCUT2D eigenvalue weighted by Gasteiger charge is -2.10. The molecule has 21 heavy (non-hydrogen) atoms. The molecule has 0 spiro atoms. The van der Waals surface area contributed by atoms with Crippen LogP contribution in [0.3, 0.4) is 0 Å². The van der Waals surface area contributed by atoms with E-state index in [-0.39, 0.29) is 5.97 Å². The van der Waals surface area contributed by atoms with E-state index in [0.717, 1.165) is 18.8 Å². The van der Waals surface area contributed by atoms with Gasteiger partial charge in [0.1, 0.15) is 5.82 Å². The molecule has 0 amide bonds. The minimum Gasteiger partial charge on any atom is -0.462 e. The number of pyridine rings is 1. The number of carbonyl (C=O) groups is 1. The topological polar surface area (TPSA) is 51.2 Å². The molecule has 0 atom stereocenters. The van der Waals surface area contributed by atoms with Gasteiger partial charge >= 0.3 is 5.97 Å². The average Bonchev–Trinajstić information content (AvgIpc) is 2.54. The number of aromatic nitrogens is 1. The van der Waals surface area contributed by atoms with Crippen LogP contribution in [-0.4, -0.2) is 17.6 Å². The molecule has 2 aromatic rings. The first kappa shape index (κ1) is 15.0. The van der Waals surface area contributed by atoms with Gasteiger partial charge in [-0.2, -0.15) is 0 Å². The van der Waals surface area contributed by atoms with E-state index in [2.05, 4.69) is 35.4 Å². The van der Waals surface area contributed by atoms with Crippen molar-refractivity contribution in [1.82, 2.24) is 4.98 Å². The molecule has 0 aliphatic heterocycles. The Morgan fingerprint density at radius 1 is 1.14 bits per heavy atom. The Bertz CT molecular complexity index is 594. The van der Waals surface area contributed by atoms with Gasteiger partial charge in [0.15, 0.2) is 0 Å². The first-order valence-corrected chi connectivity index (χ1v) is 7.18. The maximum atomic E-state index is 11.5. The molecule has 0 saturated carbocycles. The van der Waals surface area contributed by atoms with Crippen LogP contribution in [0.2, 0.25) is 0 Å². The lowest BCUT2D eigenvalue weighted by Crippen LogP contribution is -2.07. The van der Waals surface area contributed by atoms with Crippen LogP contribution in [-0.2, 0) is 17.7 Å². The number of aryl methyl sites for hydroxylation is 1. The molecule has 1 N–H and O–H groups in total. The quantitative estimate of drug-likeness (QED) is 0.826. The van der Waals surface area contributed by atoms with Crippen molar-refractivity contribution in [2.45, 2.75) is 26.8 Å². The van der Waals surface area contributed by atoms with E-state index in [0.29, 0.717) is 12.2 Å². The Hall–Kier alpha value is -2.36. The number of nitrogens with one attached hydrogen (secondary N) is 1. The van der Waals surface area contributed by atoms with Crippen LogP contribution < -0.4 is 5.32 Å². The Labute approximate surface area is 125 Å². The van der Waals surface area contributed by atoms with Gasteiger partial charge in [0.25, 0.3) is 0 Å². The van der Waals surface area contributed by atoms with Gasteiger partial charge in [0, 0.05) is 12.7 Å². The maximum absolute atomic E-state index is 11.5. The monoisotopic (exact) mass is 284 g/mol. The molecular weight excluding hydrogens is 264 g/mol. The molecule has 0 aliphatic rings. The van der Waals surface area contributed by atoms with E-state index >= 15 is 0 Å². The van der Waals surface area contributed by atoms with Gasteiger partial charge in [-0.05, 0) is 36.6 Å². The highest BCUT2D eigenvalue weighted by Gasteiger charge is 2.06. The summed E-state index contributed by atoms with van der Waals surface area (Å²) >= 11 is 0. The van der Waals surface area contributed by atoms with Crippen molar-refractivity contribution >= 4 is 11.8 Å². The summed E-state index contributed by atoms with van der Waals surface area (Å²) in [6.45, 7) is 5.01. The van der Waals surface area contributed by atoms with Crippen molar-refractivity contribution in [2.75, 3.05) is 11.9 Å². The second-order valence-corrected chi connectivity index (χ2v) is 4.63. The number of esters is 1. The van der Waals surface area contributed by atoms with Crippen LogP contribution >= 0.6 is 0 Å². The Balaban J connectivity index is 1.99. The van der Waals surface area contributed by atoms with Crippen molar-refractivity contribution in [3.63, 3.8) is 0 Å². The molecule has 1 aromatic heterocycles. The smallest absolute Gasteiger partial charge is 0.339 e. The third-order valence-corrected chi connectivity index (χ3v) is 3.23. The highest BCUT2D eigenvalue weighted by atomic mass is 16.5. The zero-order valence-electron chi connectivity index (χ0n) is 12.4. The van der Waals surface area contributed by atoms with Gasteiger partial charge in [-0.1, -0.05) is 31.2 Å². The Morgan fingerprint density at radius 2 is 1.90 bits per heavy atom. The standard InChI is InChI=1S/C17H20N2O2/c1-3-13-7-5-6-8-14(13)11-18-16-10-9-15(12-19-16)17(20)21-4-2/h5-10,12H,3-4,11H2,1-2H3,(H,18,19). The molecule has 2 rings (SSSR count). The third kappa shape index (κ3) is 4.05. The molecule has 4 heteroatoms. The number of ether oxygens (including phenoxy) is 1. The molecule has 110 valence electrons. The fourth-order valence-corrected chi connectivity index (χ4v) is 2.09. The van der Waals surface area contributed by atoms with E-state index in [1.807, 2.05) is 6.07 Å². The van der Waals surface area contributed by atoms with Gasteiger partial charge in [-0.3, -0.25) is 0 Å². The lowest BCUT2D eigenvalue weighted by molar-refractivity contribution is 0.0526. The molecule has 0 saturated heterocycles. The van der Waals surface area contributed by atoms with Crippen LogP contribution in [0.25, 0.3) is 0 Å². The van der Waals surface area contributed by atoms with E-state index in [4.69, 9.17) is 4.74 Å². The molecule has 1 aromatic carbocycles. The fourth-order valence-electron chi connectivity index (χ4n) is 2.09. The van der Waals surface area contributed by atoms with Gasteiger partial charge in [0.2, 0.25) is 0 Å². The molecule has 0 fully saturated rings. The SMILES string of the molecule is CCOC(=O)c1ccc(NCc2ccccc2CC)nc1. The summed E-state index contributed by atoms with van der Waals surface area (Å²) < 4.78 is 4.93. The number of benzene rings is 1. The van der Waals surface area contributed by atoms with Gasteiger partial charge < -0.3 is 10.1 Å². The predicted octanol–water partition coefficient (Wildman–Crippen LogP) is 3.43. The second kappa shape index (κ2) is 7.43. The molecule has 1 heterocycles. The van der Waals surface area contributed by atoms with E-state index in [1.165, 1.54) is 17.3 Å². The van der Waals surface area contributed by atoms with Crippen molar-refractivity contribution in [3.8, 4) is 0 Å². The van der Waals surface area contributed by atoms with Crippen LogP contribution in [0.5, 0.6) is 0 Å². The first-order valence-electron chi connectivity index (χ1n) is 7.18. The van der Waals surface area contributed by atoms with Crippen LogP contribution in [0.15, 0.2) is 42.6 Å². The van der Waals surface area contributed by atoms with E-state index in [9.17, 15) is 4.79 Å². The number of hydrogen-bond donors (Lipinski definition) is 1. The molecule has 0 radical (unpaired) electrons. The highest BCUT2D eigenvalue weighted by Crippen LogP contribution is 2.12. The molecular formula is C17H20N2O2. The van der Waals surface area contributed by atoms with Crippen LogP contribution in [0.4, 0.5) is 5.82 Å². The number of rotatable bonds is 6. The number of hydrogen-bond acceptors (Lipinski definition) is 4. The summed E-state index contributed by atoms with van der Waals surface area (Å²) in [5, 5.41) is 3.27. The minimum absolute atomic E-state index is 0.340. The van der Waals surface area contributed by atoms with Crippen LogP contribution in [0.1, 0.15) is 35.3 Å². The summed E-state index contributed by atoms with van der Waals surface area (Å²) in [6.07, 6.45) is 2.54. The third-order valence-electron chi connectivity index (χ3n) is 3.23. The summed E-state index contributed by atoms with van der Waals surface area (Å²) in [7, 11) is 0. The van der Waals surface area contributed by atoms with Gasteiger partial charge in [-0.15, -0.1) is 0 Å². The zero-order chi connectivity index (χ0) is 15.1. The Kier molecular flexibility index (Phi) is 5.32.